The highest BCUT2D eigenvalue weighted by atomic mass is 16.5. The van der Waals surface area contributed by atoms with Crippen molar-refractivity contribution in [3.63, 3.8) is 0 Å². The molecular weight excluding hydrogens is 707 g/mol. The minimum absolute atomic E-state index is 0.346. The summed E-state index contributed by atoms with van der Waals surface area (Å²) in [5.41, 5.74) is 11.7. The van der Waals surface area contributed by atoms with E-state index in [-0.39, 0.29) is 5.60 Å². The third-order valence-electron chi connectivity index (χ3n) is 12.0. The number of nitrogens with one attached hydrogen (secondary N) is 1. The molecule has 4 aromatic rings. The second-order valence-electron chi connectivity index (χ2n) is 17.4. The van der Waals surface area contributed by atoms with Crippen molar-refractivity contribution < 1.29 is 9.47 Å². The van der Waals surface area contributed by atoms with Crippen LogP contribution in [-0.4, -0.2) is 61.4 Å². The number of hydrogen-bond donors (Lipinski definition) is 1. The molecule has 0 aliphatic carbocycles. The van der Waals surface area contributed by atoms with Crippen molar-refractivity contribution in [3.8, 4) is 5.88 Å². The first kappa shape index (κ1) is 40.3. The lowest BCUT2D eigenvalue weighted by atomic mass is 9.91. The van der Waals surface area contributed by atoms with Crippen molar-refractivity contribution in [1.29, 1.82) is 0 Å². The third-order valence-corrected chi connectivity index (χ3v) is 12.0. The largest absolute Gasteiger partial charge is 0.474 e. The van der Waals surface area contributed by atoms with Gasteiger partial charge < -0.3 is 34.4 Å². The van der Waals surface area contributed by atoms with Crippen molar-refractivity contribution in [2.75, 3.05) is 70.8 Å². The van der Waals surface area contributed by atoms with Crippen molar-refractivity contribution >= 4 is 34.3 Å². The van der Waals surface area contributed by atoms with Crippen LogP contribution in [0.4, 0.5) is 34.3 Å². The highest BCUT2D eigenvalue weighted by molar-refractivity contribution is 5.73. The first-order valence-corrected chi connectivity index (χ1v) is 21.4. The number of aromatic nitrogens is 2. The molecule has 0 bridgehead atoms. The molecule has 0 unspecified atom stereocenters. The molecule has 304 valence electrons. The Labute approximate surface area is 342 Å². The van der Waals surface area contributed by atoms with E-state index in [0.717, 1.165) is 79.2 Å². The number of fused-ring (bicyclic) bond motifs is 2. The van der Waals surface area contributed by atoms with Crippen LogP contribution in [0, 0.1) is 26.7 Å². The van der Waals surface area contributed by atoms with E-state index in [1.54, 1.807) is 0 Å². The Bertz CT molecular complexity index is 2000. The molecule has 0 spiro atoms. The van der Waals surface area contributed by atoms with Crippen molar-refractivity contribution in [3.05, 3.63) is 101 Å². The van der Waals surface area contributed by atoms with Gasteiger partial charge in [0, 0.05) is 55.3 Å². The predicted octanol–water partition coefficient (Wildman–Crippen LogP) is 10.5. The molecule has 0 saturated carbocycles. The number of ether oxygens (including phenoxy) is 2. The van der Waals surface area contributed by atoms with Gasteiger partial charge >= 0.3 is 0 Å². The fourth-order valence-corrected chi connectivity index (χ4v) is 8.67. The quantitative estimate of drug-likeness (QED) is 0.0997. The average molecular weight is 772 g/mol. The molecule has 1 fully saturated rings. The fraction of sp³-hybridized carbons (Fsp3) is 0.500. The number of anilines is 6. The van der Waals surface area contributed by atoms with Crippen molar-refractivity contribution in [2.45, 2.75) is 106 Å². The Kier molecular flexibility index (Phi) is 12.5. The fourth-order valence-electron chi connectivity index (χ4n) is 8.67. The Morgan fingerprint density at radius 3 is 2.46 bits per heavy atom. The number of rotatable bonds is 14. The summed E-state index contributed by atoms with van der Waals surface area (Å²) in [4.78, 5) is 19.5. The maximum Gasteiger partial charge on any atom is 0.238 e. The topological polar surface area (TPSA) is 69.2 Å². The van der Waals surface area contributed by atoms with Gasteiger partial charge in [0.15, 0.2) is 5.88 Å². The standard InChI is InChI=1S/C48H65N7O2/c1-9-24-52(42-17-13-34(2)35(3)31-42)25-11-10-12-38-21-26-53(27-22-38)41-18-15-40(16-19-41)50-45-20-14-39-23-28-54(33-43(39)51-45)44-32-49-47-46(36(44)4)55(29-30-56-47)37(5)57-48(6,7)8/h13-20,31-32,38H,5,9-12,21-30,33H2,1-4,6-8H3,(H,50,51). The summed E-state index contributed by atoms with van der Waals surface area (Å²) in [5, 5.41) is 3.58. The van der Waals surface area contributed by atoms with E-state index in [9.17, 15) is 0 Å². The van der Waals surface area contributed by atoms with Crippen LogP contribution in [0.15, 0.2) is 73.3 Å². The SMILES string of the molecule is C=C(OC(C)(C)C)N1CCOc2ncc(N3CCc4ccc(Nc5ccc(N6CCC(CCCCN(CCC)c7ccc(C)c(C)c7)CC6)cc5)nc4C3)c(C)c21. The maximum atomic E-state index is 6.18. The number of nitrogens with zero attached hydrogens (tertiary/aromatic N) is 6. The predicted molar refractivity (Wildman–Crippen MR) is 238 cm³/mol. The van der Waals surface area contributed by atoms with Crippen LogP contribution in [0.2, 0.25) is 0 Å². The van der Waals surface area contributed by atoms with E-state index in [1.165, 1.54) is 66.6 Å². The van der Waals surface area contributed by atoms with E-state index >= 15 is 0 Å². The molecule has 2 aromatic carbocycles. The molecule has 1 N–H and O–H groups in total. The third kappa shape index (κ3) is 9.79. The lowest BCUT2D eigenvalue weighted by molar-refractivity contribution is 0.0472. The van der Waals surface area contributed by atoms with Gasteiger partial charge in [-0.3, -0.25) is 0 Å². The second-order valence-corrected chi connectivity index (χ2v) is 17.4. The minimum Gasteiger partial charge on any atom is -0.474 e. The van der Waals surface area contributed by atoms with Gasteiger partial charge in [0.2, 0.25) is 5.88 Å². The molecule has 0 radical (unpaired) electrons. The van der Waals surface area contributed by atoms with Crippen LogP contribution in [0.5, 0.6) is 5.88 Å². The first-order chi connectivity index (χ1) is 27.5. The lowest BCUT2D eigenvalue weighted by Crippen LogP contribution is -2.37. The minimum atomic E-state index is -0.346. The van der Waals surface area contributed by atoms with E-state index in [0.29, 0.717) is 31.5 Å². The molecule has 5 heterocycles. The van der Waals surface area contributed by atoms with Crippen LogP contribution in [0.25, 0.3) is 0 Å². The number of aryl methyl sites for hydroxylation is 2. The van der Waals surface area contributed by atoms with Gasteiger partial charge in [-0.05, 0) is 145 Å². The number of hydrogen-bond acceptors (Lipinski definition) is 9. The Morgan fingerprint density at radius 2 is 1.72 bits per heavy atom. The number of benzene rings is 2. The van der Waals surface area contributed by atoms with Gasteiger partial charge in [-0.1, -0.05) is 31.9 Å². The molecular formula is C48H65N7O2. The Balaban J connectivity index is 0.905. The van der Waals surface area contributed by atoms with Crippen LogP contribution < -0.4 is 29.7 Å². The average Bonchev–Trinajstić information content (AvgIpc) is 3.20. The zero-order chi connectivity index (χ0) is 40.1. The van der Waals surface area contributed by atoms with Gasteiger partial charge in [-0.15, -0.1) is 0 Å². The second kappa shape index (κ2) is 17.7. The number of unbranched alkanes of at least 4 members (excludes halogenated alkanes) is 1. The summed E-state index contributed by atoms with van der Waals surface area (Å²) in [6.45, 7) is 26.6. The van der Waals surface area contributed by atoms with E-state index in [2.05, 4.69) is 114 Å². The summed E-state index contributed by atoms with van der Waals surface area (Å²) in [6.07, 6.45) is 10.5. The molecule has 9 heteroatoms. The van der Waals surface area contributed by atoms with Gasteiger partial charge in [0.1, 0.15) is 23.7 Å². The van der Waals surface area contributed by atoms with Gasteiger partial charge in [-0.25, -0.2) is 9.97 Å². The highest BCUT2D eigenvalue weighted by Gasteiger charge is 2.30. The maximum absolute atomic E-state index is 6.18. The van der Waals surface area contributed by atoms with Crippen LogP contribution in [-0.2, 0) is 17.7 Å². The van der Waals surface area contributed by atoms with Crippen molar-refractivity contribution in [1.82, 2.24) is 9.97 Å². The van der Waals surface area contributed by atoms with Crippen LogP contribution >= 0.6 is 0 Å². The van der Waals surface area contributed by atoms with Crippen LogP contribution in [0.1, 0.15) is 94.2 Å². The van der Waals surface area contributed by atoms with Crippen LogP contribution in [0.3, 0.4) is 0 Å². The zero-order valence-corrected chi connectivity index (χ0v) is 35.7. The summed E-state index contributed by atoms with van der Waals surface area (Å²) in [6, 6.07) is 20.2. The molecule has 7 rings (SSSR count). The summed E-state index contributed by atoms with van der Waals surface area (Å²) in [7, 11) is 0. The lowest BCUT2D eigenvalue weighted by Gasteiger charge is -2.37. The number of piperidine rings is 1. The molecule has 57 heavy (non-hydrogen) atoms. The zero-order valence-electron chi connectivity index (χ0n) is 35.7. The van der Waals surface area contributed by atoms with Crippen molar-refractivity contribution in [2.24, 2.45) is 5.92 Å². The van der Waals surface area contributed by atoms with E-state index in [1.807, 2.05) is 27.0 Å². The number of pyridine rings is 2. The summed E-state index contributed by atoms with van der Waals surface area (Å²) < 4.78 is 12.2. The molecule has 2 aromatic heterocycles. The van der Waals surface area contributed by atoms with E-state index < -0.39 is 0 Å². The normalized spacial score (nSPS) is 15.8. The summed E-state index contributed by atoms with van der Waals surface area (Å²) in [5.74, 6) is 2.95. The van der Waals surface area contributed by atoms with Gasteiger partial charge in [-0.2, -0.15) is 0 Å². The summed E-state index contributed by atoms with van der Waals surface area (Å²) >= 11 is 0. The molecule has 9 nitrogen and oxygen atoms in total. The van der Waals surface area contributed by atoms with Gasteiger partial charge in [0.25, 0.3) is 0 Å². The van der Waals surface area contributed by atoms with E-state index in [4.69, 9.17) is 19.4 Å². The molecule has 0 atom stereocenters. The molecule has 3 aliphatic heterocycles. The molecule has 3 aliphatic rings. The molecule has 1 saturated heterocycles. The Hall–Kier alpha value is -4.92. The van der Waals surface area contributed by atoms with Gasteiger partial charge in [0.05, 0.1) is 30.7 Å². The monoisotopic (exact) mass is 772 g/mol. The smallest absolute Gasteiger partial charge is 0.238 e. The first-order valence-electron chi connectivity index (χ1n) is 21.4. The highest BCUT2D eigenvalue weighted by Crippen LogP contribution is 2.41. The molecule has 0 amide bonds. The Morgan fingerprint density at radius 1 is 0.930 bits per heavy atom.